The molecule has 0 saturated heterocycles. The molecule has 1 aromatic heterocycles. The number of para-hydroxylation sites is 1. The summed E-state index contributed by atoms with van der Waals surface area (Å²) in [6, 6.07) is 9.64. The summed E-state index contributed by atoms with van der Waals surface area (Å²) in [5, 5.41) is 4.15. The molecule has 1 aromatic carbocycles. The Morgan fingerprint density at radius 3 is 2.65 bits per heavy atom. The van der Waals surface area contributed by atoms with Crippen molar-refractivity contribution in [2.24, 2.45) is 5.10 Å². The Bertz CT molecular complexity index is 630. The van der Waals surface area contributed by atoms with Crippen molar-refractivity contribution < 1.29 is 9.53 Å². The summed E-state index contributed by atoms with van der Waals surface area (Å²) in [5.74, 6) is -0.341. The summed E-state index contributed by atoms with van der Waals surface area (Å²) in [6.07, 6.45) is 1.65. The molecular weight excluding hydrogens is 254 g/mol. The largest absolute Gasteiger partial charge is 0.465 e. The van der Waals surface area contributed by atoms with Gasteiger partial charge in [0.15, 0.2) is 0 Å². The lowest BCUT2D eigenvalue weighted by Crippen LogP contribution is -2.03. The maximum atomic E-state index is 11.7. The van der Waals surface area contributed by atoms with Gasteiger partial charge in [-0.1, -0.05) is 18.2 Å². The minimum atomic E-state index is -0.341. The van der Waals surface area contributed by atoms with Crippen molar-refractivity contribution in [3.63, 3.8) is 0 Å². The Hall–Kier alpha value is -2.56. The Morgan fingerprint density at radius 1 is 1.30 bits per heavy atom. The van der Waals surface area contributed by atoms with Crippen LogP contribution in [0.5, 0.6) is 0 Å². The average Bonchev–Trinajstić information content (AvgIpc) is 2.74. The lowest BCUT2D eigenvalue weighted by Gasteiger charge is -1.99. The molecule has 0 saturated carbocycles. The highest BCUT2D eigenvalue weighted by Crippen LogP contribution is 2.17. The van der Waals surface area contributed by atoms with Crippen molar-refractivity contribution in [2.45, 2.75) is 13.8 Å². The van der Waals surface area contributed by atoms with E-state index in [-0.39, 0.29) is 5.97 Å². The summed E-state index contributed by atoms with van der Waals surface area (Å²) in [7, 11) is 1.37. The molecule has 5 nitrogen and oxygen atoms in total. The van der Waals surface area contributed by atoms with Gasteiger partial charge in [-0.15, -0.1) is 0 Å². The minimum Gasteiger partial charge on any atom is -0.465 e. The zero-order valence-electron chi connectivity index (χ0n) is 11.7. The normalized spacial score (nSPS) is 10.8. The fraction of sp³-hybridized carbons (Fsp3) is 0.200. The van der Waals surface area contributed by atoms with E-state index in [2.05, 4.69) is 15.5 Å². The molecule has 2 aromatic rings. The van der Waals surface area contributed by atoms with Crippen molar-refractivity contribution in [3.05, 3.63) is 52.8 Å². The molecule has 0 fully saturated rings. The predicted octanol–water partition coefficient (Wildman–Crippen LogP) is 2.86. The third-order valence-corrected chi connectivity index (χ3v) is 3.03. The molecule has 0 bridgehead atoms. The molecular formula is C15H17N3O2. The summed E-state index contributed by atoms with van der Waals surface area (Å²) >= 11 is 0. The first-order valence-electron chi connectivity index (χ1n) is 6.25. The second kappa shape index (κ2) is 6.06. The van der Waals surface area contributed by atoms with Crippen LogP contribution in [-0.2, 0) is 4.74 Å². The van der Waals surface area contributed by atoms with E-state index < -0.39 is 0 Å². The van der Waals surface area contributed by atoms with Crippen molar-refractivity contribution in [3.8, 4) is 0 Å². The first kappa shape index (κ1) is 13.9. The first-order chi connectivity index (χ1) is 9.63. The van der Waals surface area contributed by atoms with Crippen LogP contribution in [0.4, 0.5) is 5.69 Å². The maximum absolute atomic E-state index is 11.7. The van der Waals surface area contributed by atoms with Crippen LogP contribution in [0.2, 0.25) is 0 Å². The second-order valence-electron chi connectivity index (χ2n) is 4.39. The predicted molar refractivity (Wildman–Crippen MR) is 79.3 cm³/mol. The average molecular weight is 271 g/mol. The van der Waals surface area contributed by atoms with Gasteiger partial charge in [0.1, 0.15) is 0 Å². The van der Waals surface area contributed by atoms with Gasteiger partial charge in [-0.3, -0.25) is 5.43 Å². The molecule has 104 valence electrons. The van der Waals surface area contributed by atoms with E-state index in [1.807, 2.05) is 44.2 Å². The van der Waals surface area contributed by atoms with Crippen LogP contribution >= 0.6 is 0 Å². The summed E-state index contributed by atoms with van der Waals surface area (Å²) in [4.78, 5) is 14.8. The van der Waals surface area contributed by atoms with E-state index in [9.17, 15) is 4.79 Å². The van der Waals surface area contributed by atoms with Gasteiger partial charge >= 0.3 is 5.97 Å². The quantitative estimate of drug-likeness (QED) is 0.510. The number of carbonyl (C=O) groups is 1. The molecule has 0 aliphatic rings. The number of aromatic amines is 1. The molecule has 2 N–H and O–H groups in total. The molecule has 20 heavy (non-hydrogen) atoms. The van der Waals surface area contributed by atoms with Gasteiger partial charge < -0.3 is 9.72 Å². The van der Waals surface area contributed by atoms with Gasteiger partial charge in [0.2, 0.25) is 0 Å². The number of aryl methyl sites for hydroxylation is 1. The molecule has 0 aliphatic carbocycles. The molecule has 5 heteroatoms. The summed E-state index contributed by atoms with van der Waals surface area (Å²) in [5.41, 5.74) is 6.77. The van der Waals surface area contributed by atoms with Gasteiger partial charge in [-0.2, -0.15) is 5.10 Å². The number of rotatable bonds is 4. The molecule has 0 spiro atoms. The topological polar surface area (TPSA) is 66.5 Å². The van der Waals surface area contributed by atoms with Gasteiger partial charge in [-0.05, 0) is 31.5 Å². The number of hydrogen-bond acceptors (Lipinski definition) is 4. The Labute approximate surface area is 117 Å². The number of benzene rings is 1. The number of nitrogens with one attached hydrogen (secondary N) is 2. The van der Waals surface area contributed by atoms with Crippen LogP contribution < -0.4 is 5.43 Å². The monoisotopic (exact) mass is 271 g/mol. The zero-order valence-corrected chi connectivity index (χ0v) is 11.7. The van der Waals surface area contributed by atoms with E-state index in [0.717, 1.165) is 22.6 Å². The van der Waals surface area contributed by atoms with Crippen LogP contribution in [0.15, 0.2) is 35.4 Å². The van der Waals surface area contributed by atoms with Crippen LogP contribution in [0.3, 0.4) is 0 Å². The highest BCUT2D eigenvalue weighted by molar-refractivity contribution is 5.96. The smallest absolute Gasteiger partial charge is 0.339 e. The second-order valence-corrected chi connectivity index (χ2v) is 4.39. The number of carbonyl (C=O) groups excluding carboxylic acids is 1. The molecule has 0 atom stereocenters. The number of methoxy groups -OCH3 is 1. The van der Waals surface area contributed by atoms with E-state index in [1.165, 1.54) is 7.11 Å². The van der Waals surface area contributed by atoms with Crippen molar-refractivity contribution in [2.75, 3.05) is 12.5 Å². The SMILES string of the molecule is COC(=O)c1c(C)[nH]c(/C=N\Nc2ccccc2)c1C. The highest BCUT2D eigenvalue weighted by Gasteiger charge is 2.17. The third kappa shape index (κ3) is 2.88. The zero-order chi connectivity index (χ0) is 14.5. The third-order valence-electron chi connectivity index (χ3n) is 3.03. The standard InChI is InChI=1S/C15H17N3O2/c1-10-13(17-11(2)14(10)15(19)20-3)9-16-18-12-7-5-4-6-8-12/h4-9,17-18H,1-3H3/b16-9-. The fourth-order valence-electron chi connectivity index (χ4n) is 2.00. The van der Waals surface area contributed by atoms with Gasteiger partial charge in [0.25, 0.3) is 0 Å². The van der Waals surface area contributed by atoms with Gasteiger partial charge in [-0.25, -0.2) is 4.79 Å². The number of anilines is 1. The molecule has 1 heterocycles. The van der Waals surface area contributed by atoms with Crippen LogP contribution in [-0.4, -0.2) is 24.3 Å². The first-order valence-corrected chi connectivity index (χ1v) is 6.25. The van der Waals surface area contributed by atoms with Crippen molar-refractivity contribution >= 4 is 17.9 Å². The molecule has 0 unspecified atom stereocenters. The number of nitrogens with zero attached hydrogens (tertiary/aromatic N) is 1. The molecule has 0 aliphatic heterocycles. The molecule has 0 amide bonds. The van der Waals surface area contributed by atoms with Crippen molar-refractivity contribution in [1.29, 1.82) is 0 Å². The highest BCUT2D eigenvalue weighted by atomic mass is 16.5. The number of esters is 1. The van der Waals surface area contributed by atoms with Crippen LogP contribution in [0, 0.1) is 13.8 Å². The maximum Gasteiger partial charge on any atom is 0.339 e. The van der Waals surface area contributed by atoms with Crippen molar-refractivity contribution in [1.82, 2.24) is 4.98 Å². The Balaban J connectivity index is 2.16. The summed E-state index contributed by atoms with van der Waals surface area (Å²) in [6.45, 7) is 3.70. The van der Waals surface area contributed by atoms with E-state index >= 15 is 0 Å². The number of hydrazone groups is 1. The fourth-order valence-corrected chi connectivity index (χ4v) is 2.00. The number of ether oxygens (including phenoxy) is 1. The van der Waals surface area contributed by atoms with Crippen LogP contribution in [0.1, 0.15) is 27.3 Å². The molecule has 2 rings (SSSR count). The van der Waals surface area contributed by atoms with E-state index in [1.54, 1.807) is 6.21 Å². The number of aromatic nitrogens is 1. The Morgan fingerprint density at radius 2 is 2.00 bits per heavy atom. The van der Waals surface area contributed by atoms with Crippen LogP contribution in [0.25, 0.3) is 0 Å². The van der Waals surface area contributed by atoms with E-state index in [0.29, 0.717) is 5.56 Å². The molecule has 0 radical (unpaired) electrons. The minimum absolute atomic E-state index is 0.341. The van der Waals surface area contributed by atoms with Gasteiger partial charge in [0.05, 0.1) is 30.3 Å². The van der Waals surface area contributed by atoms with E-state index in [4.69, 9.17) is 4.74 Å². The Kier molecular flexibility index (Phi) is 4.20. The lowest BCUT2D eigenvalue weighted by atomic mass is 10.1. The number of hydrogen-bond donors (Lipinski definition) is 2. The lowest BCUT2D eigenvalue weighted by molar-refractivity contribution is 0.0599. The summed E-state index contributed by atoms with van der Waals surface area (Å²) < 4.78 is 4.77. The number of H-pyrrole nitrogens is 1. The van der Waals surface area contributed by atoms with Gasteiger partial charge in [0, 0.05) is 5.69 Å².